The van der Waals surface area contributed by atoms with Gasteiger partial charge in [0.05, 0.1) is 4.92 Å². The third kappa shape index (κ3) is 6.39. The molecule has 2 N–H and O–H groups in total. The molecule has 0 heterocycles. The number of halogens is 1. The zero-order valence-electron chi connectivity index (χ0n) is 15.1. The van der Waals surface area contributed by atoms with Gasteiger partial charge in [-0.05, 0) is 30.5 Å². The number of hydrogen-bond acceptors (Lipinski definition) is 4. The summed E-state index contributed by atoms with van der Waals surface area (Å²) >= 11 is 1.91. The van der Waals surface area contributed by atoms with E-state index < -0.39 is 0 Å². The van der Waals surface area contributed by atoms with Crippen LogP contribution in [0.4, 0.5) is 5.69 Å². The Kier molecular flexibility index (Phi) is 7.91. The lowest BCUT2D eigenvalue weighted by atomic mass is 10.2. The molecule has 0 radical (unpaired) electrons. The van der Waals surface area contributed by atoms with Gasteiger partial charge in [-0.1, -0.05) is 30.3 Å². The molecule has 27 heavy (non-hydrogen) atoms. The van der Waals surface area contributed by atoms with Gasteiger partial charge >= 0.3 is 0 Å². The molecule has 0 unspecified atom stereocenters. The minimum atomic E-state index is -0.381. The average molecular weight is 498 g/mol. The third-order valence-corrected chi connectivity index (χ3v) is 5.76. The topological polar surface area (TPSA) is 79.6 Å². The molecule has 0 saturated heterocycles. The monoisotopic (exact) mass is 498 g/mol. The van der Waals surface area contributed by atoms with Gasteiger partial charge in [0.15, 0.2) is 5.96 Å². The van der Waals surface area contributed by atoms with Gasteiger partial charge in [-0.15, -0.1) is 35.7 Å². The first kappa shape index (κ1) is 21.5. The summed E-state index contributed by atoms with van der Waals surface area (Å²) in [5.74, 6) is 0.705. The van der Waals surface area contributed by atoms with Crippen molar-refractivity contribution >= 4 is 47.4 Å². The highest BCUT2D eigenvalue weighted by molar-refractivity contribution is 14.0. The summed E-state index contributed by atoms with van der Waals surface area (Å²) in [6.07, 6.45) is 2.36. The number of nitrogens with one attached hydrogen (secondary N) is 2. The van der Waals surface area contributed by atoms with Crippen LogP contribution in [-0.2, 0) is 6.54 Å². The number of guanidine groups is 1. The molecule has 0 spiro atoms. The van der Waals surface area contributed by atoms with Gasteiger partial charge < -0.3 is 10.6 Å². The molecule has 1 aliphatic rings. The molecule has 2 aromatic rings. The minimum absolute atomic E-state index is 0. The van der Waals surface area contributed by atoms with Gasteiger partial charge in [-0.2, -0.15) is 0 Å². The van der Waals surface area contributed by atoms with E-state index in [9.17, 15) is 10.1 Å². The van der Waals surface area contributed by atoms with Crippen LogP contribution in [0.25, 0.3) is 0 Å². The number of rotatable bonds is 7. The highest BCUT2D eigenvalue weighted by atomic mass is 127. The van der Waals surface area contributed by atoms with Gasteiger partial charge in [0, 0.05) is 41.9 Å². The number of hydrogen-bond donors (Lipinski definition) is 2. The molecule has 144 valence electrons. The molecule has 3 rings (SSSR count). The first-order valence-electron chi connectivity index (χ1n) is 8.52. The zero-order chi connectivity index (χ0) is 18.4. The van der Waals surface area contributed by atoms with Crippen LogP contribution < -0.4 is 10.6 Å². The second-order valence-corrected chi connectivity index (χ2v) is 7.85. The summed E-state index contributed by atoms with van der Waals surface area (Å²) in [7, 11) is 1.73. The number of nitrogens with zero attached hydrogens (tertiary/aromatic N) is 2. The lowest BCUT2D eigenvalue weighted by Crippen LogP contribution is -2.40. The van der Waals surface area contributed by atoms with Crippen LogP contribution in [0.2, 0.25) is 0 Å². The van der Waals surface area contributed by atoms with Crippen molar-refractivity contribution in [1.29, 1.82) is 0 Å². The molecular weight excluding hydrogens is 475 g/mol. The highest BCUT2D eigenvalue weighted by Gasteiger charge is 2.43. The standard InChI is InChI=1S/C19H22N4O2S.HI/c1-20-18(21-13-15-6-5-7-16(12-15)23(24)25)22-14-19(10-11-19)26-17-8-3-2-4-9-17;/h2-9,12H,10-11,13-14H2,1H3,(H2,20,21,22);1H. The molecule has 0 amide bonds. The average Bonchev–Trinajstić information content (AvgIpc) is 3.42. The largest absolute Gasteiger partial charge is 0.355 e. The van der Waals surface area contributed by atoms with Gasteiger partial charge in [-0.25, -0.2) is 0 Å². The van der Waals surface area contributed by atoms with Crippen LogP contribution in [0.3, 0.4) is 0 Å². The van der Waals surface area contributed by atoms with E-state index in [2.05, 4.69) is 39.9 Å². The van der Waals surface area contributed by atoms with E-state index in [0.717, 1.165) is 12.1 Å². The van der Waals surface area contributed by atoms with Crippen LogP contribution in [0.15, 0.2) is 64.5 Å². The molecule has 1 fully saturated rings. The molecule has 2 aromatic carbocycles. The predicted octanol–water partition coefficient (Wildman–Crippen LogP) is 4.20. The number of aliphatic imine (C=N–C) groups is 1. The Morgan fingerprint density at radius 3 is 2.56 bits per heavy atom. The number of thioether (sulfide) groups is 1. The molecule has 0 aromatic heterocycles. The Morgan fingerprint density at radius 1 is 1.19 bits per heavy atom. The fourth-order valence-corrected chi connectivity index (χ4v) is 3.87. The van der Waals surface area contributed by atoms with E-state index in [1.54, 1.807) is 19.2 Å². The van der Waals surface area contributed by atoms with Crippen molar-refractivity contribution in [2.75, 3.05) is 13.6 Å². The van der Waals surface area contributed by atoms with Crippen molar-refractivity contribution in [1.82, 2.24) is 10.6 Å². The molecule has 1 aliphatic carbocycles. The first-order chi connectivity index (χ1) is 12.6. The summed E-state index contributed by atoms with van der Waals surface area (Å²) in [4.78, 5) is 16.0. The summed E-state index contributed by atoms with van der Waals surface area (Å²) in [6.45, 7) is 1.32. The summed E-state index contributed by atoms with van der Waals surface area (Å²) in [5.41, 5.74) is 0.949. The van der Waals surface area contributed by atoms with Crippen LogP contribution in [-0.4, -0.2) is 29.2 Å². The Labute approximate surface area is 180 Å². The van der Waals surface area contributed by atoms with E-state index in [0.29, 0.717) is 12.5 Å². The number of benzene rings is 2. The van der Waals surface area contributed by atoms with E-state index in [4.69, 9.17) is 0 Å². The predicted molar refractivity (Wildman–Crippen MR) is 121 cm³/mol. The third-order valence-electron chi connectivity index (χ3n) is 4.27. The fraction of sp³-hybridized carbons (Fsp3) is 0.316. The van der Waals surface area contributed by atoms with Crippen LogP contribution in [0.1, 0.15) is 18.4 Å². The van der Waals surface area contributed by atoms with Crippen LogP contribution in [0.5, 0.6) is 0 Å². The summed E-state index contributed by atoms with van der Waals surface area (Å²) in [5, 5.41) is 17.5. The number of nitro groups is 1. The summed E-state index contributed by atoms with van der Waals surface area (Å²) in [6, 6.07) is 17.1. The summed E-state index contributed by atoms with van der Waals surface area (Å²) < 4.78 is 0.227. The second kappa shape index (κ2) is 9.93. The van der Waals surface area contributed by atoms with Gasteiger partial charge in [-0.3, -0.25) is 15.1 Å². The fourth-order valence-electron chi connectivity index (χ4n) is 2.62. The number of non-ortho nitro benzene ring substituents is 1. The highest BCUT2D eigenvalue weighted by Crippen LogP contribution is 2.51. The Morgan fingerprint density at radius 2 is 1.93 bits per heavy atom. The molecule has 0 aliphatic heterocycles. The maximum Gasteiger partial charge on any atom is 0.269 e. The van der Waals surface area contributed by atoms with Crippen molar-refractivity contribution in [2.24, 2.45) is 4.99 Å². The maximum atomic E-state index is 10.9. The SMILES string of the molecule is CN=C(NCc1cccc([N+](=O)[O-])c1)NCC1(Sc2ccccc2)CC1.I. The molecule has 8 heteroatoms. The van der Waals surface area contributed by atoms with Gasteiger partial charge in [0.1, 0.15) is 0 Å². The van der Waals surface area contributed by atoms with E-state index in [1.165, 1.54) is 23.8 Å². The molecule has 1 saturated carbocycles. The van der Waals surface area contributed by atoms with E-state index >= 15 is 0 Å². The van der Waals surface area contributed by atoms with Crippen molar-refractivity contribution < 1.29 is 4.92 Å². The van der Waals surface area contributed by atoms with Crippen molar-refractivity contribution in [3.8, 4) is 0 Å². The molecule has 6 nitrogen and oxygen atoms in total. The van der Waals surface area contributed by atoms with E-state index in [-0.39, 0.29) is 39.3 Å². The quantitative estimate of drug-likeness (QED) is 0.197. The van der Waals surface area contributed by atoms with Gasteiger partial charge in [0.2, 0.25) is 0 Å². The Hall–Kier alpha value is -1.81. The van der Waals surface area contributed by atoms with Crippen molar-refractivity contribution in [3.63, 3.8) is 0 Å². The normalized spacial score (nSPS) is 14.8. The lowest BCUT2D eigenvalue weighted by molar-refractivity contribution is -0.384. The number of nitro benzene ring substituents is 1. The zero-order valence-corrected chi connectivity index (χ0v) is 18.2. The first-order valence-corrected chi connectivity index (χ1v) is 9.34. The minimum Gasteiger partial charge on any atom is -0.355 e. The van der Waals surface area contributed by atoms with Crippen molar-refractivity contribution in [2.45, 2.75) is 29.0 Å². The van der Waals surface area contributed by atoms with Crippen molar-refractivity contribution in [3.05, 3.63) is 70.3 Å². The molecular formula is C19H23IN4O2S. The second-order valence-electron chi connectivity index (χ2n) is 6.30. The van der Waals surface area contributed by atoms with Crippen LogP contribution in [0, 0.1) is 10.1 Å². The Balaban J connectivity index is 0.00000261. The Bertz CT molecular complexity index is 797. The van der Waals surface area contributed by atoms with Crippen LogP contribution >= 0.6 is 35.7 Å². The van der Waals surface area contributed by atoms with Gasteiger partial charge in [0.25, 0.3) is 5.69 Å². The van der Waals surface area contributed by atoms with E-state index in [1.807, 2.05) is 23.9 Å². The lowest BCUT2D eigenvalue weighted by Gasteiger charge is -2.18. The molecule has 0 atom stereocenters. The maximum absolute atomic E-state index is 10.9. The smallest absolute Gasteiger partial charge is 0.269 e. The molecule has 0 bridgehead atoms.